The largest absolute Gasteiger partial charge is 0.341 e. The highest BCUT2D eigenvalue weighted by Gasteiger charge is 2.28. The molecule has 0 saturated heterocycles. The van der Waals surface area contributed by atoms with Crippen LogP contribution in [0.15, 0.2) is 0 Å². The van der Waals surface area contributed by atoms with Crippen LogP contribution >= 0.6 is 33.2 Å². The molecule has 0 bridgehead atoms. The molecule has 0 saturated carbocycles. The Kier molecular flexibility index (Phi) is 7.14. The molecule has 0 radical (unpaired) electrons. The van der Waals surface area contributed by atoms with Gasteiger partial charge in [-0.3, -0.25) is 0 Å². The van der Waals surface area contributed by atoms with Crippen molar-refractivity contribution < 1.29 is 0 Å². The van der Waals surface area contributed by atoms with E-state index in [1.807, 2.05) is 0 Å². The van der Waals surface area contributed by atoms with Crippen LogP contribution in [0.2, 0.25) is 6.04 Å². The lowest BCUT2D eigenvalue weighted by atomic mass is 9.91. The molecule has 4 heteroatoms. The Labute approximate surface area is 103 Å². The third kappa shape index (κ3) is 9.63. The highest BCUT2D eigenvalue weighted by Crippen LogP contribution is 2.32. The molecule has 2 atom stereocenters. The first-order valence-corrected chi connectivity index (χ1v) is 10.5. The zero-order valence-corrected chi connectivity index (χ0v) is 12.8. The minimum Gasteiger partial charge on any atom is -0.126 e. The topological polar surface area (TPSA) is 0 Å². The maximum absolute atomic E-state index is 5.89. The molecular formula is C10H21Cl3Si. The Hall–Kier alpha value is 1.09. The van der Waals surface area contributed by atoms with Crippen molar-refractivity contribution in [1.29, 1.82) is 0 Å². The monoisotopic (exact) mass is 274 g/mol. The van der Waals surface area contributed by atoms with Crippen molar-refractivity contribution in [2.24, 2.45) is 17.8 Å². The summed E-state index contributed by atoms with van der Waals surface area (Å²) in [6, 6.07) is -1.62. The van der Waals surface area contributed by atoms with Crippen LogP contribution in [0, 0.1) is 17.8 Å². The Bertz CT molecular complexity index is 154. The van der Waals surface area contributed by atoms with Gasteiger partial charge in [0.05, 0.1) is 0 Å². The van der Waals surface area contributed by atoms with E-state index >= 15 is 0 Å². The molecule has 0 spiro atoms. The van der Waals surface area contributed by atoms with Crippen molar-refractivity contribution in [2.75, 3.05) is 0 Å². The molecule has 0 aromatic carbocycles. The van der Waals surface area contributed by atoms with Crippen LogP contribution < -0.4 is 0 Å². The summed E-state index contributed by atoms with van der Waals surface area (Å²) in [6.45, 7) is 8.98. The summed E-state index contributed by atoms with van der Waals surface area (Å²) in [6.07, 6.45) is 2.45. The number of halogens is 3. The van der Waals surface area contributed by atoms with Gasteiger partial charge < -0.3 is 0 Å². The maximum atomic E-state index is 5.89. The van der Waals surface area contributed by atoms with E-state index in [1.54, 1.807) is 0 Å². The van der Waals surface area contributed by atoms with Crippen molar-refractivity contribution in [3.63, 3.8) is 0 Å². The highest BCUT2D eigenvalue weighted by molar-refractivity contribution is 7.64. The molecule has 0 aromatic heterocycles. The van der Waals surface area contributed by atoms with Gasteiger partial charge >= 0.3 is 6.00 Å². The molecule has 0 aromatic rings. The number of rotatable bonds is 6. The molecule has 0 nitrogen and oxygen atoms in total. The fourth-order valence-electron chi connectivity index (χ4n) is 2.07. The molecule has 0 rings (SSSR count). The average Bonchev–Trinajstić information content (AvgIpc) is 1.77. The van der Waals surface area contributed by atoms with Crippen molar-refractivity contribution in [3.05, 3.63) is 0 Å². The van der Waals surface area contributed by atoms with Gasteiger partial charge in [0.2, 0.25) is 0 Å². The molecule has 86 valence electrons. The first kappa shape index (κ1) is 15.1. The molecule has 0 amide bonds. The fourth-order valence-corrected chi connectivity index (χ4v) is 5.39. The molecule has 0 heterocycles. The van der Waals surface area contributed by atoms with Crippen LogP contribution in [-0.4, -0.2) is 6.00 Å². The lowest BCUT2D eigenvalue weighted by molar-refractivity contribution is 0.368. The number of hydrogen-bond donors (Lipinski definition) is 0. The van der Waals surface area contributed by atoms with E-state index in [0.29, 0.717) is 5.92 Å². The SMILES string of the molecule is CC(C)CC(C)CC(C)C[Si](Cl)(Cl)Cl. The van der Waals surface area contributed by atoms with E-state index in [-0.39, 0.29) is 0 Å². The van der Waals surface area contributed by atoms with Gasteiger partial charge in [-0.05, 0) is 36.6 Å². The second kappa shape index (κ2) is 6.62. The van der Waals surface area contributed by atoms with Gasteiger partial charge in [-0.15, -0.1) is 33.2 Å². The maximum Gasteiger partial charge on any atom is 0.341 e. The second-order valence-corrected chi connectivity index (χ2v) is 14.1. The molecule has 14 heavy (non-hydrogen) atoms. The molecule has 0 aliphatic heterocycles. The summed E-state index contributed by atoms with van der Waals surface area (Å²) in [7, 11) is 0. The average molecular weight is 276 g/mol. The van der Waals surface area contributed by atoms with E-state index in [4.69, 9.17) is 33.2 Å². The minimum atomic E-state index is -2.41. The van der Waals surface area contributed by atoms with E-state index in [0.717, 1.165) is 17.9 Å². The fraction of sp³-hybridized carbons (Fsp3) is 1.00. The van der Waals surface area contributed by atoms with E-state index in [2.05, 4.69) is 27.7 Å². The molecule has 0 N–H and O–H groups in total. The van der Waals surface area contributed by atoms with Gasteiger partial charge in [-0.25, -0.2) is 0 Å². The van der Waals surface area contributed by atoms with Gasteiger partial charge in [0, 0.05) is 0 Å². The lowest BCUT2D eigenvalue weighted by Crippen LogP contribution is -2.16. The smallest absolute Gasteiger partial charge is 0.126 e. The van der Waals surface area contributed by atoms with E-state index < -0.39 is 6.00 Å². The summed E-state index contributed by atoms with van der Waals surface area (Å²) in [5.41, 5.74) is 0. The Morgan fingerprint density at radius 3 is 1.71 bits per heavy atom. The molecule has 0 aliphatic carbocycles. The summed E-state index contributed by atoms with van der Waals surface area (Å²) < 4.78 is 0. The first-order valence-electron chi connectivity index (χ1n) is 5.27. The zero-order chi connectivity index (χ0) is 11.4. The molecule has 2 unspecified atom stereocenters. The van der Waals surface area contributed by atoms with Gasteiger partial charge in [-0.2, -0.15) is 0 Å². The van der Waals surface area contributed by atoms with Crippen LogP contribution in [0.5, 0.6) is 0 Å². The van der Waals surface area contributed by atoms with Crippen LogP contribution in [0.3, 0.4) is 0 Å². The lowest BCUT2D eigenvalue weighted by Gasteiger charge is -2.20. The van der Waals surface area contributed by atoms with Crippen LogP contribution in [0.25, 0.3) is 0 Å². The first-order chi connectivity index (χ1) is 6.20. The standard InChI is InChI=1S/C10H21Cl3Si/c1-8(2)5-9(3)6-10(4)7-14(11,12)13/h8-10H,5-7H2,1-4H3. The Morgan fingerprint density at radius 1 is 0.857 bits per heavy atom. The van der Waals surface area contributed by atoms with Crippen molar-refractivity contribution in [3.8, 4) is 0 Å². The van der Waals surface area contributed by atoms with Crippen LogP contribution in [-0.2, 0) is 0 Å². The normalized spacial score (nSPS) is 17.1. The highest BCUT2D eigenvalue weighted by atomic mass is 35.8. The quantitative estimate of drug-likeness (QED) is 0.453. The van der Waals surface area contributed by atoms with Crippen molar-refractivity contribution >= 4 is 39.2 Å². The summed E-state index contributed by atoms with van der Waals surface area (Å²) in [5, 5.41) is 0. The predicted molar refractivity (Wildman–Crippen MR) is 70.5 cm³/mol. The van der Waals surface area contributed by atoms with Crippen LogP contribution in [0.1, 0.15) is 40.5 Å². The van der Waals surface area contributed by atoms with Gasteiger partial charge in [0.1, 0.15) is 0 Å². The van der Waals surface area contributed by atoms with Crippen LogP contribution in [0.4, 0.5) is 0 Å². The van der Waals surface area contributed by atoms with Crippen molar-refractivity contribution in [1.82, 2.24) is 0 Å². The number of hydrogen-bond acceptors (Lipinski definition) is 0. The van der Waals surface area contributed by atoms with Gasteiger partial charge in [0.15, 0.2) is 0 Å². The minimum absolute atomic E-state index is 0.544. The summed E-state index contributed by atoms with van der Waals surface area (Å²) in [5.74, 6) is 2.05. The Balaban J connectivity index is 3.76. The van der Waals surface area contributed by atoms with Gasteiger partial charge in [0.25, 0.3) is 0 Å². The summed E-state index contributed by atoms with van der Waals surface area (Å²) >= 11 is 17.7. The van der Waals surface area contributed by atoms with E-state index in [1.165, 1.54) is 12.8 Å². The molecule has 0 aliphatic rings. The van der Waals surface area contributed by atoms with Gasteiger partial charge in [-0.1, -0.05) is 27.7 Å². The van der Waals surface area contributed by atoms with E-state index in [9.17, 15) is 0 Å². The third-order valence-corrected chi connectivity index (χ3v) is 4.81. The second-order valence-electron chi connectivity index (χ2n) is 4.89. The predicted octanol–water partition coefficient (Wildman–Crippen LogP) is 5.35. The molecular weight excluding hydrogens is 255 g/mol. The van der Waals surface area contributed by atoms with Crippen molar-refractivity contribution in [2.45, 2.75) is 46.6 Å². The zero-order valence-electron chi connectivity index (χ0n) is 9.49. The third-order valence-electron chi connectivity index (χ3n) is 2.26. The molecule has 0 fully saturated rings. The summed E-state index contributed by atoms with van der Waals surface area (Å²) in [4.78, 5) is 0. The Morgan fingerprint density at radius 2 is 1.36 bits per heavy atom.